The van der Waals surface area contributed by atoms with E-state index in [0.29, 0.717) is 0 Å². The van der Waals surface area contributed by atoms with Crippen molar-refractivity contribution in [3.8, 4) is 39.1 Å². The molecule has 0 saturated carbocycles. The Bertz CT molecular complexity index is 3620. The van der Waals surface area contributed by atoms with Crippen LogP contribution in [0.1, 0.15) is 0 Å². The fraction of sp³-hybridized carbons (Fsp3) is 0. The molecule has 11 aromatic carbocycles. The number of para-hydroxylation sites is 2. The Morgan fingerprint density at radius 3 is 1.58 bits per heavy atom. The van der Waals surface area contributed by atoms with Crippen molar-refractivity contribution in [2.75, 3.05) is 4.90 Å². The van der Waals surface area contributed by atoms with E-state index in [-0.39, 0.29) is 0 Å². The highest BCUT2D eigenvalue weighted by molar-refractivity contribution is 6.22. The Labute approximate surface area is 360 Å². The molecule has 0 aliphatic rings. The van der Waals surface area contributed by atoms with Gasteiger partial charge in [0.2, 0.25) is 0 Å². The molecule has 0 aliphatic heterocycles. The third-order valence-corrected chi connectivity index (χ3v) is 12.5. The number of anilines is 3. The molecule has 0 unspecified atom stereocenters. The summed E-state index contributed by atoms with van der Waals surface area (Å²) in [6.45, 7) is 0. The summed E-state index contributed by atoms with van der Waals surface area (Å²) in [5, 5.41) is 9.83. The van der Waals surface area contributed by atoms with Crippen molar-refractivity contribution in [3.63, 3.8) is 0 Å². The standard InChI is InChI=1S/C60H40N2/c1-4-20-42(21-5-1)58-51-31-13-12-30-49(51)50-38-37-45(40-53(50)59(58)43-22-6-2-7-23-43)44-25-16-28-47(39-44)62(54-34-17-24-41-19-10-11-29-48(41)54)57-36-18-35-56-60(57)52-32-14-15-33-55(52)61(56)46-26-8-3-9-27-46/h1-40H. The van der Waals surface area contributed by atoms with Crippen LogP contribution in [0.15, 0.2) is 243 Å². The molecule has 1 aromatic heterocycles. The highest BCUT2D eigenvalue weighted by atomic mass is 15.1. The first-order valence-electron chi connectivity index (χ1n) is 21.4. The van der Waals surface area contributed by atoms with Gasteiger partial charge in [-0.1, -0.05) is 188 Å². The monoisotopic (exact) mass is 788 g/mol. The number of aromatic nitrogens is 1. The van der Waals surface area contributed by atoms with Crippen LogP contribution in [0.3, 0.4) is 0 Å². The van der Waals surface area contributed by atoms with Gasteiger partial charge in [0.05, 0.1) is 22.4 Å². The molecule has 2 nitrogen and oxygen atoms in total. The predicted molar refractivity (Wildman–Crippen MR) is 264 cm³/mol. The minimum Gasteiger partial charge on any atom is -0.309 e. The van der Waals surface area contributed by atoms with Crippen LogP contribution < -0.4 is 4.90 Å². The molecule has 0 amide bonds. The van der Waals surface area contributed by atoms with Crippen LogP contribution in [0, 0.1) is 0 Å². The fourth-order valence-electron chi connectivity index (χ4n) is 9.86. The first kappa shape index (κ1) is 35.7. The Kier molecular flexibility index (Phi) is 8.53. The molecule has 62 heavy (non-hydrogen) atoms. The molecule has 0 atom stereocenters. The van der Waals surface area contributed by atoms with Crippen molar-refractivity contribution in [1.29, 1.82) is 0 Å². The minimum atomic E-state index is 1.09. The molecule has 12 aromatic rings. The second kappa shape index (κ2) is 14.8. The fourth-order valence-corrected chi connectivity index (χ4v) is 9.86. The molecule has 0 spiro atoms. The van der Waals surface area contributed by atoms with E-state index in [2.05, 4.69) is 252 Å². The topological polar surface area (TPSA) is 8.17 Å². The van der Waals surface area contributed by atoms with Crippen LogP contribution in [-0.2, 0) is 0 Å². The maximum absolute atomic E-state index is 2.48. The largest absolute Gasteiger partial charge is 0.309 e. The van der Waals surface area contributed by atoms with Crippen molar-refractivity contribution < 1.29 is 0 Å². The quantitative estimate of drug-likeness (QED) is 0.146. The lowest BCUT2D eigenvalue weighted by Gasteiger charge is -2.28. The van der Waals surface area contributed by atoms with Gasteiger partial charge < -0.3 is 9.47 Å². The highest BCUT2D eigenvalue weighted by Gasteiger charge is 2.23. The van der Waals surface area contributed by atoms with Gasteiger partial charge in [0.1, 0.15) is 0 Å². The zero-order chi connectivity index (χ0) is 41.0. The van der Waals surface area contributed by atoms with E-state index in [4.69, 9.17) is 0 Å². The van der Waals surface area contributed by atoms with Crippen LogP contribution in [0.4, 0.5) is 17.1 Å². The smallest absolute Gasteiger partial charge is 0.0562 e. The van der Waals surface area contributed by atoms with Gasteiger partial charge in [-0.2, -0.15) is 0 Å². The molecular weight excluding hydrogens is 749 g/mol. The Morgan fingerprint density at radius 1 is 0.290 bits per heavy atom. The maximum atomic E-state index is 2.48. The maximum Gasteiger partial charge on any atom is 0.0562 e. The van der Waals surface area contributed by atoms with Crippen molar-refractivity contribution in [1.82, 2.24) is 4.57 Å². The molecule has 0 N–H and O–H groups in total. The average molecular weight is 789 g/mol. The second-order valence-corrected chi connectivity index (χ2v) is 16.0. The number of nitrogens with zero attached hydrogens (tertiary/aromatic N) is 2. The zero-order valence-corrected chi connectivity index (χ0v) is 34.0. The van der Waals surface area contributed by atoms with Crippen molar-refractivity contribution in [2.45, 2.75) is 0 Å². The Hall–Kier alpha value is -8.20. The average Bonchev–Trinajstić information content (AvgIpc) is 3.69. The molecule has 2 heteroatoms. The van der Waals surface area contributed by atoms with Gasteiger partial charge in [-0.15, -0.1) is 0 Å². The summed E-state index contributed by atoms with van der Waals surface area (Å²) in [5.41, 5.74) is 14.1. The molecule has 0 radical (unpaired) electrons. The lowest BCUT2D eigenvalue weighted by molar-refractivity contribution is 1.18. The summed E-state index contributed by atoms with van der Waals surface area (Å²) in [7, 11) is 0. The van der Waals surface area contributed by atoms with Gasteiger partial charge in [-0.3, -0.25) is 0 Å². The first-order chi connectivity index (χ1) is 30.8. The number of fused-ring (bicyclic) bond motifs is 7. The molecule has 0 bridgehead atoms. The Balaban J connectivity index is 1.12. The first-order valence-corrected chi connectivity index (χ1v) is 21.4. The van der Waals surface area contributed by atoms with E-state index in [1.807, 2.05) is 0 Å². The molecule has 1 heterocycles. The summed E-state index contributed by atoms with van der Waals surface area (Å²) < 4.78 is 2.40. The van der Waals surface area contributed by atoms with Gasteiger partial charge in [0.25, 0.3) is 0 Å². The summed E-state index contributed by atoms with van der Waals surface area (Å²) in [6, 6.07) is 88.5. The van der Waals surface area contributed by atoms with E-state index in [1.165, 1.54) is 81.9 Å². The van der Waals surface area contributed by atoms with E-state index in [1.54, 1.807) is 0 Å². The number of rotatable bonds is 7. The molecule has 0 aliphatic carbocycles. The van der Waals surface area contributed by atoms with Crippen LogP contribution in [0.5, 0.6) is 0 Å². The van der Waals surface area contributed by atoms with Crippen LogP contribution in [-0.4, -0.2) is 4.57 Å². The summed E-state index contributed by atoms with van der Waals surface area (Å²) in [4.78, 5) is 2.48. The van der Waals surface area contributed by atoms with E-state index >= 15 is 0 Å². The predicted octanol–water partition coefficient (Wildman–Crippen LogP) is 16.7. The van der Waals surface area contributed by atoms with Crippen LogP contribution in [0.25, 0.3) is 93.2 Å². The van der Waals surface area contributed by atoms with Crippen molar-refractivity contribution in [3.05, 3.63) is 243 Å². The molecule has 12 rings (SSSR count). The van der Waals surface area contributed by atoms with E-state index in [0.717, 1.165) is 28.3 Å². The third-order valence-electron chi connectivity index (χ3n) is 12.5. The SMILES string of the molecule is c1ccc(-c2c(-c3ccccc3)c3cc(-c4cccc(N(c5cccc6ccccc56)c5cccc6c5c5ccccc5n6-c5ccccc5)c4)ccc3c3ccccc23)cc1. The number of hydrogen-bond acceptors (Lipinski definition) is 1. The van der Waals surface area contributed by atoms with Crippen molar-refractivity contribution in [2.24, 2.45) is 0 Å². The van der Waals surface area contributed by atoms with Crippen LogP contribution >= 0.6 is 0 Å². The number of hydrogen-bond donors (Lipinski definition) is 0. The van der Waals surface area contributed by atoms with Crippen molar-refractivity contribution >= 4 is 71.2 Å². The normalized spacial score (nSPS) is 11.5. The van der Waals surface area contributed by atoms with Gasteiger partial charge in [-0.05, 0) is 115 Å². The molecule has 0 saturated heterocycles. The van der Waals surface area contributed by atoms with E-state index < -0.39 is 0 Å². The molecule has 0 fully saturated rings. The van der Waals surface area contributed by atoms with E-state index in [9.17, 15) is 0 Å². The summed E-state index contributed by atoms with van der Waals surface area (Å²) in [5.74, 6) is 0. The minimum absolute atomic E-state index is 1.09. The number of benzene rings is 11. The summed E-state index contributed by atoms with van der Waals surface area (Å²) >= 11 is 0. The molecular formula is C60H40N2. The lowest BCUT2D eigenvalue weighted by atomic mass is 9.84. The molecule has 290 valence electrons. The Morgan fingerprint density at radius 2 is 0.806 bits per heavy atom. The van der Waals surface area contributed by atoms with Gasteiger partial charge in [0, 0.05) is 27.5 Å². The highest BCUT2D eigenvalue weighted by Crippen LogP contribution is 2.48. The zero-order valence-electron chi connectivity index (χ0n) is 34.0. The van der Waals surface area contributed by atoms with Gasteiger partial charge >= 0.3 is 0 Å². The third kappa shape index (κ3) is 5.80. The second-order valence-electron chi connectivity index (χ2n) is 16.0. The summed E-state index contributed by atoms with van der Waals surface area (Å²) in [6.07, 6.45) is 0. The van der Waals surface area contributed by atoms with Gasteiger partial charge in [-0.25, -0.2) is 0 Å². The van der Waals surface area contributed by atoms with Crippen LogP contribution in [0.2, 0.25) is 0 Å². The van der Waals surface area contributed by atoms with Gasteiger partial charge in [0.15, 0.2) is 0 Å². The lowest BCUT2D eigenvalue weighted by Crippen LogP contribution is -2.11.